The number of aliphatic imine (C=N–C) groups is 1. The zero-order valence-corrected chi connectivity index (χ0v) is 15.9. The van der Waals surface area contributed by atoms with E-state index in [-0.39, 0.29) is 17.3 Å². The Hall–Kier alpha value is -2.93. The lowest BCUT2D eigenvalue weighted by molar-refractivity contribution is 0.100. The Morgan fingerprint density at radius 1 is 1.22 bits per heavy atom. The molecule has 0 atom stereocenters. The molecule has 0 aliphatic carbocycles. The first-order valence-electron chi connectivity index (χ1n) is 8.29. The van der Waals surface area contributed by atoms with E-state index in [2.05, 4.69) is 25.8 Å². The fourth-order valence-corrected chi connectivity index (χ4v) is 2.62. The van der Waals surface area contributed by atoms with E-state index >= 15 is 0 Å². The predicted octanol–water partition coefficient (Wildman–Crippen LogP) is 4.35. The molecule has 1 aromatic heterocycles. The number of carbonyl (C=O) groups excluding carboxylic acids is 1. The molecular weight excluding hydrogens is 369 g/mol. The number of rotatable bonds is 2. The number of halogens is 2. The number of nitrogens with zero attached hydrogens (tertiary/aromatic N) is 2. The summed E-state index contributed by atoms with van der Waals surface area (Å²) in [4.78, 5) is 16.7. The van der Waals surface area contributed by atoms with Gasteiger partial charge in [0.15, 0.2) is 5.82 Å². The highest BCUT2D eigenvalue weighted by Crippen LogP contribution is 2.21. The van der Waals surface area contributed by atoms with Crippen LogP contribution in [0.1, 0.15) is 31.1 Å². The molecule has 0 radical (unpaired) electrons. The van der Waals surface area contributed by atoms with Gasteiger partial charge in [-0.25, -0.2) is 4.39 Å². The van der Waals surface area contributed by atoms with E-state index in [1.165, 1.54) is 12.1 Å². The third-order valence-corrected chi connectivity index (χ3v) is 3.78. The Labute approximate surface area is 160 Å². The molecule has 27 heavy (non-hydrogen) atoms. The SMILES string of the molecule is CC(C)(C)N/C(=N/C(=O)c1cccc(Cl)c1)Nc1n[nH]c2cc(F)ccc12. The van der Waals surface area contributed by atoms with E-state index in [1.54, 1.807) is 30.3 Å². The summed E-state index contributed by atoms with van der Waals surface area (Å²) in [6.45, 7) is 5.81. The van der Waals surface area contributed by atoms with E-state index in [0.29, 0.717) is 27.3 Å². The van der Waals surface area contributed by atoms with Crippen molar-refractivity contribution in [3.05, 3.63) is 58.9 Å². The predicted molar refractivity (Wildman–Crippen MR) is 106 cm³/mol. The first-order chi connectivity index (χ1) is 12.7. The monoisotopic (exact) mass is 387 g/mol. The summed E-state index contributed by atoms with van der Waals surface area (Å²) in [7, 11) is 0. The number of benzene rings is 2. The van der Waals surface area contributed by atoms with Crippen molar-refractivity contribution in [2.24, 2.45) is 4.99 Å². The molecule has 0 spiro atoms. The summed E-state index contributed by atoms with van der Waals surface area (Å²) in [5.41, 5.74) is 0.541. The van der Waals surface area contributed by atoms with Crippen LogP contribution in [0, 0.1) is 5.82 Å². The molecule has 3 N–H and O–H groups in total. The number of carbonyl (C=O) groups is 1. The molecule has 0 unspecified atom stereocenters. The molecule has 3 aromatic rings. The molecule has 8 heteroatoms. The van der Waals surface area contributed by atoms with Crippen molar-refractivity contribution in [1.29, 1.82) is 0 Å². The maximum absolute atomic E-state index is 13.4. The van der Waals surface area contributed by atoms with Crippen molar-refractivity contribution < 1.29 is 9.18 Å². The largest absolute Gasteiger partial charge is 0.351 e. The van der Waals surface area contributed by atoms with Crippen LogP contribution in [-0.2, 0) is 0 Å². The van der Waals surface area contributed by atoms with Crippen molar-refractivity contribution >= 4 is 40.2 Å². The standard InChI is InChI=1S/C19H19ClFN5O/c1-19(2,3)24-18(23-17(27)11-5-4-6-12(20)9-11)22-16-14-8-7-13(21)10-15(14)25-26-16/h4-10H,1-3H3,(H3,22,23,24,25,26,27). The van der Waals surface area contributed by atoms with Gasteiger partial charge in [0.2, 0.25) is 5.96 Å². The minimum atomic E-state index is -0.456. The summed E-state index contributed by atoms with van der Waals surface area (Å²) in [5.74, 6) is -0.164. The number of aromatic amines is 1. The van der Waals surface area contributed by atoms with Gasteiger partial charge in [0.05, 0.1) is 5.52 Å². The molecule has 1 amide bonds. The summed E-state index contributed by atoms with van der Waals surface area (Å²) < 4.78 is 13.4. The highest BCUT2D eigenvalue weighted by Gasteiger charge is 2.17. The zero-order valence-electron chi connectivity index (χ0n) is 15.1. The van der Waals surface area contributed by atoms with Crippen LogP contribution < -0.4 is 10.6 Å². The van der Waals surface area contributed by atoms with Crippen LogP contribution in [0.15, 0.2) is 47.5 Å². The van der Waals surface area contributed by atoms with Gasteiger partial charge in [0.25, 0.3) is 5.91 Å². The molecule has 2 aromatic carbocycles. The van der Waals surface area contributed by atoms with Crippen molar-refractivity contribution in [2.75, 3.05) is 5.32 Å². The normalized spacial score (nSPS) is 12.3. The Bertz CT molecular complexity index is 1020. The van der Waals surface area contributed by atoms with E-state index < -0.39 is 5.91 Å². The van der Waals surface area contributed by atoms with Crippen molar-refractivity contribution in [1.82, 2.24) is 15.5 Å². The summed E-state index contributed by atoms with van der Waals surface area (Å²) in [5, 5.41) is 14.2. The van der Waals surface area contributed by atoms with Gasteiger partial charge in [-0.15, -0.1) is 0 Å². The van der Waals surface area contributed by atoms with Gasteiger partial charge in [-0.3, -0.25) is 9.89 Å². The number of H-pyrrole nitrogens is 1. The Balaban J connectivity index is 1.94. The number of hydrogen-bond donors (Lipinski definition) is 3. The molecule has 0 saturated carbocycles. The maximum atomic E-state index is 13.4. The molecule has 1 heterocycles. The Morgan fingerprint density at radius 2 is 2.00 bits per heavy atom. The summed E-state index contributed by atoms with van der Waals surface area (Å²) >= 11 is 5.95. The van der Waals surface area contributed by atoms with Crippen molar-refractivity contribution in [2.45, 2.75) is 26.3 Å². The first kappa shape index (κ1) is 18.8. The van der Waals surface area contributed by atoms with E-state index in [9.17, 15) is 9.18 Å². The molecule has 0 fully saturated rings. The first-order valence-corrected chi connectivity index (χ1v) is 8.66. The van der Waals surface area contributed by atoms with Gasteiger partial charge in [0.1, 0.15) is 5.82 Å². The van der Waals surface area contributed by atoms with Crippen molar-refractivity contribution in [3.8, 4) is 0 Å². The molecule has 0 aliphatic rings. The second kappa shape index (κ2) is 7.36. The van der Waals surface area contributed by atoms with Crippen LogP contribution in [0.25, 0.3) is 10.9 Å². The number of guanidine groups is 1. The Kier molecular flexibility index (Phi) is 5.14. The number of nitrogens with one attached hydrogen (secondary N) is 3. The van der Waals surface area contributed by atoms with E-state index in [1.807, 2.05) is 20.8 Å². The quantitative estimate of drug-likeness (QED) is 0.451. The van der Waals surface area contributed by atoms with Crippen LogP contribution in [0.3, 0.4) is 0 Å². The highest BCUT2D eigenvalue weighted by atomic mass is 35.5. The van der Waals surface area contributed by atoms with Crippen LogP contribution >= 0.6 is 11.6 Å². The molecule has 0 saturated heterocycles. The van der Waals surface area contributed by atoms with Crippen molar-refractivity contribution in [3.63, 3.8) is 0 Å². The van der Waals surface area contributed by atoms with Gasteiger partial charge in [-0.1, -0.05) is 17.7 Å². The zero-order chi connectivity index (χ0) is 19.6. The average Bonchev–Trinajstić information content (AvgIpc) is 2.95. The third kappa shape index (κ3) is 4.83. The second-order valence-electron chi connectivity index (χ2n) is 7.04. The van der Waals surface area contributed by atoms with Crippen LogP contribution in [0.4, 0.5) is 10.2 Å². The number of anilines is 1. The average molecular weight is 388 g/mol. The minimum absolute atomic E-state index is 0.227. The molecular formula is C19H19ClFN5O. The van der Waals surface area contributed by atoms with Gasteiger partial charge < -0.3 is 10.6 Å². The molecule has 140 valence electrons. The van der Waals surface area contributed by atoms with Gasteiger partial charge in [-0.05, 0) is 57.2 Å². The molecule has 0 aliphatic heterocycles. The van der Waals surface area contributed by atoms with Gasteiger partial charge in [0, 0.05) is 21.5 Å². The fraction of sp³-hybridized carbons (Fsp3) is 0.211. The second-order valence-corrected chi connectivity index (χ2v) is 7.47. The lowest BCUT2D eigenvalue weighted by Gasteiger charge is -2.23. The number of aromatic nitrogens is 2. The molecule has 3 rings (SSSR count). The summed E-state index contributed by atoms with van der Waals surface area (Å²) in [6.07, 6.45) is 0. The smallest absolute Gasteiger partial charge is 0.280 e. The van der Waals surface area contributed by atoms with Crippen LogP contribution in [0.2, 0.25) is 5.02 Å². The van der Waals surface area contributed by atoms with E-state index in [4.69, 9.17) is 11.6 Å². The fourth-order valence-electron chi connectivity index (χ4n) is 2.43. The topological polar surface area (TPSA) is 82.2 Å². The maximum Gasteiger partial charge on any atom is 0.280 e. The van der Waals surface area contributed by atoms with Crippen LogP contribution in [-0.4, -0.2) is 27.6 Å². The molecule has 6 nitrogen and oxygen atoms in total. The number of fused-ring (bicyclic) bond motifs is 1. The Morgan fingerprint density at radius 3 is 2.70 bits per heavy atom. The molecule has 0 bridgehead atoms. The van der Waals surface area contributed by atoms with E-state index in [0.717, 1.165) is 0 Å². The lowest BCUT2D eigenvalue weighted by atomic mass is 10.1. The minimum Gasteiger partial charge on any atom is -0.351 e. The number of amides is 1. The van der Waals surface area contributed by atoms with Gasteiger partial charge in [-0.2, -0.15) is 10.1 Å². The number of hydrogen-bond acceptors (Lipinski definition) is 2. The van der Waals surface area contributed by atoms with Crippen LogP contribution in [0.5, 0.6) is 0 Å². The summed E-state index contributed by atoms with van der Waals surface area (Å²) in [6, 6.07) is 10.8. The highest BCUT2D eigenvalue weighted by molar-refractivity contribution is 6.31. The third-order valence-electron chi connectivity index (χ3n) is 3.54. The lowest BCUT2D eigenvalue weighted by Crippen LogP contribution is -2.44. The van der Waals surface area contributed by atoms with Gasteiger partial charge >= 0.3 is 0 Å².